The van der Waals surface area contributed by atoms with Crippen LogP contribution in [0.3, 0.4) is 0 Å². The minimum absolute atomic E-state index is 0. The normalized spacial score (nSPS) is 20.4. The van der Waals surface area contributed by atoms with Crippen LogP contribution in [0.15, 0.2) is 23.1 Å². The molecule has 3 nitrogen and oxygen atoms in total. The van der Waals surface area contributed by atoms with Gasteiger partial charge in [-0.25, -0.2) is 8.78 Å². The van der Waals surface area contributed by atoms with Gasteiger partial charge >= 0.3 is 6.18 Å². The third-order valence-electron chi connectivity index (χ3n) is 3.77. The number of rotatable bonds is 5. The van der Waals surface area contributed by atoms with Gasteiger partial charge < -0.3 is 11.1 Å². The summed E-state index contributed by atoms with van der Waals surface area (Å²) < 4.78 is 63.3. The molecular weight excluding hydrogens is 387 g/mol. The van der Waals surface area contributed by atoms with Gasteiger partial charge in [-0.1, -0.05) is 0 Å². The topological polar surface area (TPSA) is 55.1 Å². The molecule has 0 bridgehead atoms. The van der Waals surface area contributed by atoms with E-state index >= 15 is 0 Å². The van der Waals surface area contributed by atoms with Crippen molar-refractivity contribution in [3.63, 3.8) is 0 Å². The molecule has 2 rings (SSSR count). The van der Waals surface area contributed by atoms with Crippen LogP contribution in [-0.4, -0.2) is 24.1 Å². The maximum absolute atomic E-state index is 12.8. The molecule has 1 aromatic rings. The smallest absolute Gasteiger partial charge is 0.328 e. The molecule has 2 unspecified atom stereocenters. The van der Waals surface area contributed by atoms with Gasteiger partial charge in [0.2, 0.25) is 12.3 Å². The van der Waals surface area contributed by atoms with Gasteiger partial charge in [-0.05, 0) is 37.5 Å². The van der Waals surface area contributed by atoms with Crippen molar-refractivity contribution in [3.8, 4) is 0 Å². The van der Waals surface area contributed by atoms with E-state index in [9.17, 15) is 26.7 Å². The first kappa shape index (κ1) is 22.0. The van der Waals surface area contributed by atoms with Crippen LogP contribution in [0.4, 0.5) is 27.6 Å². The summed E-state index contributed by atoms with van der Waals surface area (Å²) in [5, 5.41) is 2.45. The predicted octanol–water partition coefficient (Wildman–Crippen LogP) is 4.55. The van der Waals surface area contributed by atoms with Crippen LogP contribution in [0.2, 0.25) is 0 Å². The van der Waals surface area contributed by atoms with Crippen LogP contribution in [0.5, 0.6) is 0 Å². The lowest BCUT2D eigenvalue weighted by Crippen LogP contribution is -2.23. The Kier molecular flexibility index (Phi) is 7.95. The number of hydrogen-bond acceptors (Lipinski definition) is 3. The summed E-state index contributed by atoms with van der Waals surface area (Å²) in [6.07, 6.45) is -5.49. The molecule has 142 valence electrons. The number of amides is 1. The minimum atomic E-state index is -4.58. The summed E-state index contributed by atoms with van der Waals surface area (Å²) in [6, 6.07) is 2.59. The lowest BCUT2D eigenvalue weighted by molar-refractivity contribution is -0.137. The molecule has 1 aromatic carbocycles. The summed E-state index contributed by atoms with van der Waals surface area (Å²) in [6.45, 7) is 0. The van der Waals surface area contributed by atoms with Crippen LogP contribution in [0.1, 0.15) is 24.8 Å². The molecule has 0 aliphatic heterocycles. The molecule has 1 fully saturated rings. The maximum Gasteiger partial charge on any atom is 0.416 e. The number of carbonyl (C=O) groups excluding carboxylic acids is 1. The van der Waals surface area contributed by atoms with Gasteiger partial charge in [-0.2, -0.15) is 13.2 Å². The number of carbonyl (C=O) groups is 1. The average Bonchev–Trinajstić information content (AvgIpc) is 2.91. The van der Waals surface area contributed by atoms with Crippen LogP contribution in [-0.2, 0) is 11.0 Å². The van der Waals surface area contributed by atoms with Crippen molar-refractivity contribution in [1.29, 1.82) is 0 Å². The van der Waals surface area contributed by atoms with E-state index in [0.717, 1.165) is 18.2 Å². The summed E-state index contributed by atoms with van der Waals surface area (Å²) in [5.74, 6) is -1.37. The number of nitrogens with two attached hydrogens (primary N) is 1. The van der Waals surface area contributed by atoms with Crippen LogP contribution in [0.25, 0.3) is 0 Å². The van der Waals surface area contributed by atoms with E-state index in [2.05, 4.69) is 5.32 Å². The molecule has 1 aliphatic carbocycles. The molecule has 0 saturated heterocycles. The average molecular weight is 405 g/mol. The second kappa shape index (κ2) is 9.05. The highest BCUT2D eigenvalue weighted by atomic mass is 35.5. The van der Waals surface area contributed by atoms with Crippen molar-refractivity contribution in [2.45, 2.75) is 42.8 Å². The zero-order valence-electron chi connectivity index (χ0n) is 13.0. The SMILES string of the molecule is Cl.NC1CCC(C(=O)Nc2cc(C(F)(F)F)ccc2SCC(F)F)C1. The Morgan fingerprint density at radius 2 is 2.00 bits per heavy atom. The van der Waals surface area contributed by atoms with E-state index in [1.54, 1.807) is 0 Å². The van der Waals surface area contributed by atoms with E-state index in [1.807, 2.05) is 0 Å². The van der Waals surface area contributed by atoms with Gasteiger partial charge in [0.15, 0.2) is 0 Å². The highest BCUT2D eigenvalue weighted by Crippen LogP contribution is 2.36. The number of nitrogens with one attached hydrogen (secondary N) is 1. The number of thioether (sulfide) groups is 1. The van der Waals surface area contributed by atoms with E-state index in [0.29, 0.717) is 31.0 Å². The third kappa shape index (κ3) is 6.31. The first-order valence-electron chi connectivity index (χ1n) is 7.35. The van der Waals surface area contributed by atoms with E-state index in [-0.39, 0.29) is 34.9 Å². The Hall–Kier alpha value is -1.06. The quantitative estimate of drug-likeness (QED) is 0.559. The second-order valence-electron chi connectivity index (χ2n) is 5.67. The molecule has 25 heavy (non-hydrogen) atoms. The molecule has 1 saturated carbocycles. The number of alkyl halides is 5. The Balaban J connectivity index is 0.00000312. The minimum Gasteiger partial charge on any atom is -0.328 e. The van der Waals surface area contributed by atoms with Crippen molar-refractivity contribution >= 4 is 35.8 Å². The number of anilines is 1. The molecule has 1 aliphatic rings. The first-order valence-corrected chi connectivity index (χ1v) is 8.34. The highest BCUT2D eigenvalue weighted by molar-refractivity contribution is 7.99. The molecule has 0 aromatic heterocycles. The highest BCUT2D eigenvalue weighted by Gasteiger charge is 2.32. The third-order valence-corrected chi connectivity index (χ3v) is 4.86. The molecule has 3 N–H and O–H groups in total. The number of halogens is 6. The Morgan fingerprint density at radius 1 is 1.32 bits per heavy atom. The molecule has 0 radical (unpaired) electrons. The van der Waals surface area contributed by atoms with Gasteiger partial charge in [0.05, 0.1) is 17.0 Å². The van der Waals surface area contributed by atoms with E-state index in [4.69, 9.17) is 5.73 Å². The molecular formula is C15H18ClF5N2OS. The number of hydrogen-bond donors (Lipinski definition) is 2. The second-order valence-corrected chi connectivity index (χ2v) is 6.73. The summed E-state index contributed by atoms with van der Waals surface area (Å²) >= 11 is 0.703. The lowest BCUT2D eigenvalue weighted by atomic mass is 10.1. The van der Waals surface area contributed by atoms with E-state index in [1.165, 1.54) is 0 Å². The van der Waals surface area contributed by atoms with Crippen molar-refractivity contribution in [2.24, 2.45) is 11.7 Å². The predicted molar refractivity (Wildman–Crippen MR) is 89.4 cm³/mol. The first-order chi connectivity index (χ1) is 11.2. The maximum atomic E-state index is 12.8. The molecule has 10 heteroatoms. The van der Waals surface area contributed by atoms with Crippen LogP contribution >= 0.6 is 24.2 Å². The molecule has 2 atom stereocenters. The van der Waals surface area contributed by atoms with Gasteiger partial charge in [0.1, 0.15) is 0 Å². The van der Waals surface area contributed by atoms with Gasteiger partial charge in [-0.15, -0.1) is 24.2 Å². The molecule has 0 spiro atoms. The fourth-order valence-electron chi connectivity index (χ4n) is 2.57. The fourth-order valence-corrected chi connectivity index (χ4v) is 3.31. The Morgan fingerprint density at radius 3 is 2.52 bits per heavy atom. The van der Waals surface area contributed by atoms with Crippen molar-refractivity contribution < 1.29 is 26.7 Å². The number of benzene rings is 1. The van der Waals surface area contributed by atoms with Crippen molar-refractivity contribution in [2.75, 3.05) is 11.1 Å². The Labute approximate surface area is 152 Å². The van der Waals surface area contributed by atoms with Crippen LogP contribution < -0.4 is 11.1 Å². The summed E-state index contributed by atoms with van der Waals surface area (Å²) in [7, 11) is 0. The van der Waals surface area contributed by atoms with Crippen molar-refractivity contribution in [1.82, 2.24) is 0 Å². The standard InChI is InChI=1S/C15H17F5N2OS.ClH/c16-13(17)7-24-12-4-2-9(15(18,19)20)6-11(12)22-14(23)8-1-3-10(21)5-8;/h2,4,6,8,10,13H,1,3,5,7,21H2,(H,22,23);1H. The lowest BCUT2D eigenvalue weighted by Gasteiger charge is -2.16. The van der Waals surface area contributed by atoms with Crippen molar-refractivity contribution in [3.05, 3.63) is 23.8 Å². The summed E-state index contributed by atoms with van der Waals surface area (Å²) in [5.41, 5.74) is 4.69. The Bertz CT molecular complexity index is 600. The molecule has 1 amide bonds. The monoisotopic (exact) mass is 404 g/mol. The van der Waals surface area contributed by atoms with Crippen LogP contribution in [0, 0.1) is 5.92 Å². The fraction of sp³-hybridized carbons (Fsp3) is 0.533. The zero-order chi connectivity index (χ0) is 17.9. The van der Waals surface area contributed by atoms with Gasteiger partial charge in [0, 0.05) is 16.9 Å². The van der Waals surface area contributed by atoms with E-state index < -0.39 is 29.8 Å². The molecule has 0 heterocycles. The van der Waals surface area contributed by atoms with Gasteiger partial charge in [0.25, 0.3) is 0 Å². The van der Waals surface area contributed by atoms with Gasteiger partial charge in [-0.3, -0.25) is 4.79 Å². The zero-order valence-corrected chi connectivity index (χ0v) is 14.6. The summed E-state index contributed by atoms with van der Waals surface area (Å²) in [4.78, 5) is 12.4. The largest absolute Gasteiger partial charge is 0.416 e.